The zero-order chi connectivity index (χ0) is 17.4. The fraction of sp³-hybridized carbons (Fsp3) is 0.167. The van der Waals surface area contributed by atoms with Crippen LogP contribution in [0, 0.1) is 6.92 Å². The van der Waals surface area contributed by atoms with E-state index in [1.807, 2.05) is 42.8 Å². The van der Waals surface area contributed by atoms with Gasteiger partial charge in [-0.05, 0) is 19.4 Å². The van der Waals surface area contributed by atoms with Crippen LogP contribution in [0.15, 0.2) is 40.4 Å². The number of carbonyl (C=O) groups excluding carboxylic acids is 1. The third kappa shape index (κ3) is 2.72. The summed E-state index contributed by atoms with van der Waals surface area (Å²) in [7, 11) is 0. The maximum absolute atomic E-state index is 12.5. The standard InChI is InChI=1S/C18H16N4O2S/c1-3-13-16(10(2)24-22-13)17(23)21-18-20-15(9-25-18)12-8-19-14-7-5-4-6-11(12)14/h4-9,19H,3H2,1-2H3,(H,20,21,23). The average molecular weight is 352 g/mol. The van der Waals surface area contributed by atoms with Crippen molar-refractivity contribution in [2.45, 2.75) is 20.3 Å². The van der Waals surface area contributed by atoms with E-state index in [0.717, 1.165) is 22.2 Å². The first-order valence-corrected chi connectivity index (χ1v) is 8.84. The molecule has 3 heterocycles. The number of benzene rings is 1. The molecule has 0 fully saturated rings. The van der Waals surface area contributed by atoms with Gasteiger partial charge in [0.1, 0.15) is 11.3 Å². The molecule has 0 spiro atoms. The summed E-state index contributed by atoms with van der Waals surface area (Å²) < 4.78 is 5.13. The molecule has 0 saturated carbocycles. The monoisotopic (exact) mass is 352 g/mol. The van der Waals surface area contributed by atoms with Gasteiger partial charge in [0.05, 0.1) is 11.4 Å². The Bertz CT molecular complexity index is 1060. The van der Waals surface area contributed by atoms with Crippen molar-refractivity contribution in [1.82, 2.24) is 15.1 Å². The van der Waals surface area contributed by atoms with Crippen LogP contribution in [0.1, 0.15) is 28.7 Å². The molecule has 1 aromatic carbocycles. The molecule has 0 aliphatic heterocycles. The Balaban J connectivity index is 1.61. The minimum Gasteiger partial charge on any atom is -0.361 e. The quantitative estimate of drug-likeness (QED) is 0.570. The molecule has 6 nitrogen and oxygen atoms in total. The van der Waals surface area contributed by atoms with E-state index in [-0.39, 0.29) is 5.91 Å². The van der Waals surface area contributed by atoms with Crippen molar-refractivity contribution in [2.24, 2.45) is 0 Å². The van der Waals surface area contributed by atoms with Gasteiger partial charge in [0.15, 0.2) is 5.13 Å². The summed E-state index contributed by atoms with van der Waals surface area (Å²) in [6.07, 6.45) is 2.57. The molecule has 0 aliphatic rings. The number of rotatable bonds is 4. The van der Waals surface area contributed by atoms with Crippen molar-refractivity contribution in [3.05, 3.63) is 52.9 Å². The molecule has 25 heavy (non-hydrogen) atoms. The molecule has 0 radical (unpaired) electrons. The molecule has 126 valence electrons. The lowest BCUT2D eigenvalue weighted by atomic mass is 10.1. The topological polar surface area (TPSA) is 83.8 Å². The van der Waals surface area contributed by atoms with E-state index in [1.54, 1.807) is 6.92 Å². The van der Waals surface area contributed by atoms with Crippen LogP contribution in [-0.4, -0.2) is 21.0 Å². The second kappa shape index (κ2) is 6.18. The number of para-hydroxylation sites is 1. The average Bonchev–Trinajstić information content (AvgIpc) is 3.32. The summed E-state index contributed by atoms with van der Waals surface area (Å²) >= 11 is 1.39. The van der Waals surface area contributed by atoms with Crippen molar-refractivity contribution >= 4 is 33.3 Å². The van der Waals surface area contributed by atoms with Crippen molar-refractivity contribution in [2.75, 3.05) is 5.32 Å². The molecule has 0 saturated heterocycles. The summed E-state index contributed by atoms with van der Waals surface area (Å²) in [5, 5.41) is 10.4. The van der Waals surface area contributed by atoms with Crippen LogP contribution in [0.3, 0.4) is 0 Å². The van der Waals surface area contributed by atoms with Crippen molar-refractivity contribution in [3.63, 3.8) is 0 Å². The molecule has 4 rings (SSSR count). The van der Waals surface area contributed by atoms with Gasteiger partial charge in [-0.2, -0.15) is 0 Å². The molecule has 3 aromatic heterocycles. The number of nitrogens with one attached hydrogen (secondary N) is 2. The van der Waals surface area contributed by atoms with Gasteiger partial charge in [-0.25, -0.2) is 4.98 Å². The summed E-state index contributed by atoms with van der Waals surface area (Å²) in [5.41, 5.74) is 4.05. The fourth-order valence-corrected chi connectivity index (χ4v) is 3.55. The Morgan fingerprint density at radius 1 is 1.36 bits per heavy atom. The summed E-state index contributed by atoms with van der Waals surface area (Å²) in [5.74, 6) is 0.276. The Hall–Kier alpha value is -2.93. The number of nitrogens with zero attached hydrogens (tertiary/aromatic N) is 2. The molecule has 0 aliphatic carbocycles. The van der Waals surface area contributed by atoms with E-state index < -0.39 is 0 Å². The van der Waals surface area contributed by atoms with Crippen LogP contribution in [-0.2, 0) is 6.42 Å². The van der Waals surface area contributed by atoms with E-state index in [0.29, 0.717) is 28.6 Å². The van der Waals surface area contributed by atoms with Crippen molar-refractivity contribution in [1.29, 1.82) is 0 Å². The lowest BCUT2D eigenvalue weighted by molar-refractivity contribution is 0.102. The summed E-state index contributed by atoms with van der Waals surface area (Å²) in [6.45, 7) is 3.67. The number of hydrogen-bond acceptors (Lipinski definition) is 5. The third-order valence-corrected chi connectivity index (χ3v) is 4.84. The van der Waals surface area contributed by atoms with Crippen LogP contribution in [0.5, 0.6) is 0 Å². The highest BCUT2D eigenvalue weighted by Crippen LogP contribution is 2.31. The van der Waals surface area contributed by atoms with E-state index in [4.69, 9.17) is 4.52 Å². The first-order chi connectivity index (χ1) is 12.2. The first-order valence-electron chi connectivity index (χ1n) is 7.96. The highest BCUT2D eigenvalue weighted by Gasteiger charge is 2.20. The smallest absolute Gasteiger partial charge is 0.262 e. The molecule has 2 N–H and O–H groups in total. The maximum Gasteiger partial charge on any atom is 0.262 e. The van der Waals surface area contributed by atoms with Gasteiger partial charge in [-0.3, -0.25) is 10.1 Å². The number of thiazole rings is 1. The number of amides is 1. The Morgan fingerprint density at radius 2 is 2.20 bits per heavy atom. The van der Waals surface area contributed by atoms with E-state index in [1.165, 1.54) is 11.3 Å². The minimum absolute atomic E-state index is 0.240. The highest BCUT2D eigenvalue weighted by atomic mass is 32.1. The van der Waals surface area contributed by atoms with E-state index >= 15 is 0 Å². The first kappa shape index (κ1) is 15.6. The van der Waals surface area contributed by atoms with Crippen LogP contribution in [0.2, 0.25) is 0 Å². The number of aromatic amines is 1. The SMILES string of the molecule is CCc1noc(C)c1C(=O)Nc1nc(-c2c[nH]c3ccccc23)cs1. The van der Waals surface area contributed by atoms with Gasteiger partial charge < -0.3 is 9.51 Å². The molecule has 0 unspecified atom stereocenters. The number of aryl methyl sites for hydroxylation is 2. The zero-order valence-electron chi connectivity index (χ0n) is 13.8. The maximum atomic E-state index is 12.5. The molecular weight excluding hydrogens is 336 g/mol. The van der Waals surface area contributed by atoms with Crippen molar-refractivity contribution < 1.29 is 9.32 Å². The van der Waals surface area contributed by atoms with Crippen LogP contribution in [0.4, 0.5) is 5.13 Å². The number of aromatic nitrogens is 3. The highest BCUT2D eigenvalue weighted by molar-refractivity contribution is 7.14. The van der Waals surface area contributed by atoms with Gasteiger partial charge in [0.2, 0.25) is 0 Å². The van der Waals surface area contributed by atoms with Gasteiger partial charge in [0.25, 0.3) is 5.91 Å². The molecule has 4 aromatic rings. The number of carbonyl (C=O) groups is 1. The summed E-state index contributed by atoms with van der Waals surface area (Å²) in [6, 6.07) is 8.05. The predicted octanol–water partition coefficient (Wildman–Crippen LogP) is 4.40. The van der Waals surface area contributed by atoms with Crippen LogP contribution in [0.25, 0.3) is 22.2 Å². The third-order valence-electron chi connectivity index (χ3n) is 4.09. The zero-order valence-corrected chi connectivity index (χ0v) is 14.6. The lowest BCUT2D eigenvalue weighted by Gasteiger charge is -2.01. The van der Waals surface area contributed by atoms with Gasteiger partial charge in [0, 0.05) is 28.0 Å². The number of fused-ring (bicyclic) bond motifs is 1. The van der Waals surface area contributed by atoms with Crippen LogP contribution < -0.4 is 5.32 Å². The second-order valence-corrected chi connectivity index (χ2v) is 6.51. The largest absolute Gasteiger partial charge is 0.361 e. The molecule has 0 bridgehead atoms. The molecular formula is C18H16N4O2S. The molecule has 0 atom stereocenters. The van der Waals surface area contributed by atoms with E-state index in [9.17, 15) is 4.79 Å². The van der Waals surface area contributed by atoms with Gasteiger partial charge in [-0.15, -0.1) is 11.3 Å². The van der Waals surface area contributed by atoms with Gasteiger partial charge >= 0.3 is 0 Å². The Morgan fingerprint density at radius 3 is 3.04 bits per heavy atom. The Kier molecular flexibility index (Phi) is 3.85. The molecule has 1 amide bonds. The van der Waals surface area contributed by atoms with E-state index in [2.05, 4.69) is 20.4 Å². The predicted molar refractivity (Wildman–Crippen MR) is 98.0 cm³/mol. The fourth-order valence-electron chi connectivity index (χ4n) is 2.85. The lowest BCUT2D eigenvalue weighted by Crippen LogP contribution is -2.14. The number of hydrogen-bond donors (Lipinski definition) is 2. The minimum atomic E-state index is -0.240. The Labute approximate surface area is 147 Å². The van der Waals surface area contributed by atoms with Crippen LogP contribution >= 0.6 is 11.3 Å². The number of H-pyrrole nitrogens is 1. The molecule has 7 heteroatoms. The normalized spacial score (nSPS) is 11.1. The second-order valence-electron chi connectivity index (χ2n) is 5.65. The summed E-state index contributed by atoms with van der Waals surface area (Å²) in [4.78, 5) is 20.3. The number of anilines is 1. The van der Waals surface area contributed by atoms with Crippen molar-refractivity contribution in [3.8, 4) is 11.3 Å². The van der Waals surface area contributed by atoms with Gasteiger partial charge in [-0.1, -0.05) is 30.3 Å².